The first kappa shape index (κ1) is 15.2. The van der Waals surface area contributed by atoms with Crippen LogP contribution >= 0.6 is 22.9 Å². The third kappa shape index (κ3) is 3.94. The molecular weight excluding hydrogens is 322 g/mol. The average molecular weight is 338 g/mol. The van der Waals surface area contributed by atoms with Crippen LogP contribution in [0.25, 0.3) is 0 Å². The zero-order chi connectivity index (χ0) is 15.4. The SMILES string of the molecule is O=C(CN1CCN(c2ccc(Cl)cc2)CC1)Nc1nncs1. The number of hydrogen-bond acceptors (Lipinski definition) is 6. The van der Waals surface area contributed by atoms with Crippen molar-refractivity contribution >= 4 is 39.7 Å². The summed E-state index contributed by atoms with van der Waals surface area (Å²) in [6.07, 6.45) is 0. The molecule has 1 aromatic heterocycles. The number of aromatic nitrogens is 2. The van der Waals surface area contributed by atoms with Crippen LogP contribution in [0.5, 0.6) is 0 Å². The Morgan fingerprint density at radius 1 is 1.23 bits per heavy atom. The van der Waals surface area contributed by atoms with E-state index in [0.29, 0.717) is 11.7 Å². The predicted molar refractivity (Wildman–Crippen MR) is 88.6 cm³/mol. The van der Waals surface area contributed by atoms with Gasteiger partial charge in [0.2, 0.25) is 11.0 Å². The van der Waals surface area contributed by atoms with Gasteiger partial charge in [-0.3, -0.25) is 15.0 Å². The Kier molecular flexibility index (Phi) is 4.87. The van der Waals surface area contributed by atoms with E-state index < -0.39 is 0 Å². The van der Waals surface area contributed by atoms with Crippen molar-refractivity contribution in [1.82, 2.24) is 15.1 Å². The number of rotatable bonds is 4. The monoisotopic (exact) mass is 337 g/mol. The highest BCUT2D eigenvalue weighted by Crippen LogP contribution is 2.19. The molecule has 0 saturated carbocycles. The molecule has 1 aliphatic rings. The van der Waals surface area contributed by atoms with Crippen LogP contribution in [0.15, 0.2) is 29.8 Å². The summed E-state index contributed by atoms with van der Waals surface area (Å²) in [7, 11) is 0. The van der Waals surface area contributed by atoms with Crippen molar-refractivity contribution in [3.05, 3.63) is 34.8 Å². The van der Waals surface area contributed by atoms with E-state index in [1.54, 1.807) is 5.51 Å². The molecule has 8 heteroatoms. The molecule has 1 aromatic carbocycles. The van der Waals surface area contributed by atoms with Gasteiger partial charge in [-0.05, 0) is 24.3 Å². The first-order chi connectivity index (χ1) is 10.7. The van der Waals surface area contributed by atoms with E-state index in [1.807, 2.05) is 24.3 Å². The number of nitrogens with zero attached hydrogens (tertiary/aromatic N) is 4. The number of amides is 1. The van der Waals surface area contributed by atoms with Gasteiger partial charge in [-0.25, -0.2) is 0 Å². The highest BCUT2D eigenvalue weighted by molar-refractivity contribution is 7.13. The molecular formula is C14H16ClN5OS. The summed E-state index contributed by atoms with van der Waals surface area (Å²) in [5.41, 5.74) is 2.77. The van der Waals surface area contributed by atoms with Crippen LogP contribution in [0.3, 0.4) is 0 Å². The second-order valence-corrected chi connectivity index (χ2v) is 6.30. The van der Waals surface area contributed by atoms with Gasteiger partial charge in [0.25, 0.3) is 0 Å². The van der Waals surface area contributed by atoms with Crippen LogP contribution in [0, 0.1) is 0 Å². The van der Waals surface area contributed by atoms with Crippen LogP contribution in [-0.2, 0) is 4.79 Å². The number of benzene rings is 1. The van der Waals surface area contributed by atoms with E-state index in [9.17, 15) is 4.79 Å². The second kappa shape index (κ2) is 7.04. The van der Waals surface area contributed by atoms with Crippen molar-refractivity contribution in [3.8, 4) is 0 Å². The van der Waals surface area contributed by atoms with Gasteiger partial charge in [0.05, 0.1) is 6.54 Å². The smallest absolute Gasteiger partial charge is 0.240 e. The average Bonchev–Trinajstić information content (AvgIpc) is 3.02. The van der Waals surface area contributed by atoms with Gasteiger partial charge in [0, 0.05) is 36.9 Å². The molecule has 0 spiro atoms. The molecule has 1 amide bonds. The number of anilines is 2. The van der Waals surface area contributed by atoms with Crippen LogP contribution < -0.4 is 10.2 Å². The maximum absolute atomic E-state index is 11.9. The zero-order valence-corrected chi connectivity index (χ0v) is 13.5. The van der Waals surface area contributed by atoms with Crippen molar-refractivity contribution in [2.75, 3.05) is 42.9 Å². The van der Waals surface area contributed by atoms with E-state index in [0.717, 1.165) is 31.2 Å². The number of hydrogen-bond donors (Lipinski definition) is 1. The first-order valence-corrected chi connectivity index (χ1v) is 8.25. The quantitative estimate of drug-likeness (QED) is 0.924. The maximum atomic E-state index is 11.9. The Morgan fingerprint density at radius 3 is 2.59 bits per heavy atom. The van der Waals surface area contributed by atoms with Crippen molar-refractivity contribution in [3.63, 3.8) is 0 Å². The van der Waals surface area contributed by atoms with E-state index in [2.05, 4.69) is 25.3 Å². The number of nitrogens with one attached hydrogen (secondary N) is 1. The number of halogens is 1. The molecule has 0 aliphatic carbocycles. The Balaban J connectivity index is 1.47. The highest BCUT2D eigenvalue weighted by Gasteiger charge is 2.19. The fraction of sp³-hybridized carbons (Fsp3) is 0.357. The predicted octanol–water partition coefficient (Wildman–Crippen LogP) is 1.95. The molecule has 1 N–H and O–H groups in total. The highest BCUT2D eigenvalue weighted by atomic mass is 35.5. The van der Waals surface area contributed by atoms with E-state index in [4.69, 9.17) is 11.6 Å². The summed E-state index contributed by atoms with van der Waals surface area (Å²) >= 11 is 7.23. The van der Waals surface area contributed by atoms with Crippen molar-refractivity contribution < 1.29 is 4.79 Å². The Labute approximate surface area is 137 Å². The van der Waals surface area contributed by atoms with Gasteiger partial charge in [0.15, 0.2) is 0 Å². The topological polar surface area (TPSA) is 61.4 Å². The van der Waals surface area contributed by atoms with Crippen molar-refractivity contribution in [1.29, 1.82) is 0 Å². The standard InChI is InChI=1S/C14H16ClN5OS/c15-11-1-3-12(4-2-11)20-7-5-19(6-8-20)9-13(21)17-14-18-16-10-22-14/h1-4,10H,5-9H2,(H,17,18,21). The van der Waals surface area contributed by atoms with E-state index in [-0.39, 0.29) is 5.91 Å². The molecule has 1 fully saturated rings. The van der Waals surface area contributed by atoms with Crippen molar-refractivity contribution in [2.45, 2.75) is 0 Å². The minimum absolute atomic E-state index is 0.0447. The summed E-state index contributed by atoms with van der Waals surface area (Å²) in [5.74, 6) is -0.0447. The summed E-state index contributed by atoms with van der Waals surface area (Å²) in [6.45, 7) is 3.88. The fourth-order valence-electron chi connectivity index (χ4n) is 2.41. The molecule has 1 aliphatic heterocycles. The normalized spacial score (nSPS) is 15.8. The van der Waals surface area contributed by atoms with Gasteiger partial charge in [-0.15, -0.1) is 10.2 Å². The van der Waals surface area contributed by atoms with Gasteiger partial charge in [-0.2, -0.15) is 0 Å². The van der Waals surface area contributed by atoms with Crippen LogP contribution in [0.2, 0.25) is 5.02 Å². The molecule has 0 radical (unpaired) electrons. The Bertz CT molecular complexity index is 611. The van der Waals surface area contributed by atoms with E-state index >= 15 is 0 Å². The summed E-state index contributed by atoms with van der Waals surface area (Å²) in [4.78, 5) is 16.4. The second-order valence-electron chi connectivity index (χ2n) is 5.03. The molecule has 0 bridgehead atoms. The molecule has 116 valence electrons. The van der Waals surface area contributed by atoms with Crippen molar-refractivity contribution in [2.24, 2.45) is 0 Å². The number of carbonyl (C=O) groups excluding carboxylic acids is 1. The minimum atomic E-state index is -0.0447. The molecule has 1 saturated heterocycles. The molecule has 3 rings (SSSR count). The summed E-state index contributed by atoms with van der Waals surface area (Å²) in [5, 5.41) is 11.5. The van der Waals surface area contributed by atoms with Gasteiger partial charge >= 0.3 is 0 Å². The lowest BCUT2D eigenvalue weighted by Crippen LogP contribution is -2.48. The Hall–Kier alpha value is -1.70. The molecule has 0 unspecified atom stereocenters. The molecule has 0 atom stereocenters. The van der Waals surface area contributed by atoms with E-state index in [1.165, 1.54) is 17.0 Å². The number of piperazine rings is 1. The number of carbonyl (C=O) groups is 1. The zero-order valence-electron chi connectivity index (χ0n) is 11.9. The third-order valence-electron chi connectivity index (χ3n) is 3.54. The van der Waals surface area contributed by atoms with Gasteiger partial charge < -0.3 is 4.90 Å². The molecule has 2 aromatic rings. The molecule has 6 nitrogen and oxygen atoms in total. The van der Waals surface area contributed by atoms with Gasteiger partial charge in [-0.1, -0.05) is 22.9 Å². The summed E-state index contributed by atoms with van der Waals surface area (Å²) < 4.78 is 0. The van der Waals surface area contributed by atoms with Crippen LogP contribution in [0.4, 0.5) is 10.8 Å². The summed E-state index contributed by atoms with van der Waals surface area (Å²) in [6, 6.07) is 7.86. The molecule has 2 heterocycles. The maximum Gasteiger partial charge on any atom is 0.240 e. The molecule has 22 heavy (non-hydrogen) atoms. The minimum Gasteiger partial charge on any atom is -0.369 e. The fourth-order valence-corrected chi connectivity index (χ4v) is 2.99. The van der Waals surface area contributed by atoms with Crippen LogP contribution in [0.1, 0.15) is 0 Å². The lowest BCUT2D eigenvalue weighted by Gasteiger charge is -2.35. The van der Waals surface area contributed by atoms with Gasteiger partial charge in [0.1, 0.15) is 5.51 Å². The lowest BCUT2D eigenvalue weighted by molar-refractivity contribution is -0.117. The Morgan fingerprint density at radius 2 is 1.95 bits per heavy atom. The first-order valence-electron chi connectivity index (χ1n) is 6.99. The van der Waals surface area contributed by atoms with Crippen LogP contribution in [-0.4, -0.2) is 53.7 Å². The third-order valence-corrected chi connectivity index (χ3v) is 4.40. The largest absolute Gasteiger partial charge is 0.369 e. The lowest BCUT2D eigenvalue weighted by atomic mass is 10.2.